The van der Waals surface area contributed by atoms with Gasteiger partial charge in [-0.05, 0) is 66.8 Å². The third-order valence-corrected chi connectivity index (χ3v) is 9.70. The average molecular weight is 659 g/mol. The molecule has 0 aromatic heterocycles. The molecule has 3 N–H and O–H groups in total. The van der Waals surface area contributed by atoms with Crippen molar-refractivity contribution >= 4 is 51.0 Å². The average Bonchev–Trinajstić information content (AvgIpc) is 2.97. The van der Waals surface area contributed by atoms with Gasteiger partial charge < -0.3 is 15.3 Å². The molecule has 2 aliphatic rings. The van der Waals surface area contributed by atoms with Crippen molar-refractivity contribution in [2.75, 3.05) is 6.26 Å². The Kier molecular flexibility index (Phi) is 9.36. The maximum absolute atomic E-state index is 14.4. The fourth-order valence-corrected chi connectivity index (χ4v) is 7.77. The van der Waals surface area contributed by atoms with Crippen LogP contribution in [0.15, 0.2) is 66.7 Å². The van der Waals surface area contributed by atoms with Gasteiger partial charge in [-0.2, -0.15) is 0 Å². The smallest absolute Gasteiger partial charge is 0.335 e. The van der Waals surface area contributed by atoms with Gasteiger partial charge in [-0.3, -0.25) is 9.59 Å². The molecule has 2 amide bonds. The molecule has 12 heteroatoms. The summed E-state index contributed by atoms with van der Waals surface area (Å²) in [5.41, 5.74) is 2.23. The number of hydrogen-bond acceptors (Lipinski definition) is 5. The highest BCUT2D eigenvalue weighted by Gasteiger charge is 2.49. The van der Waals surface area contributed by atoms with Gasteiger partial charge >= 0.3 is 5.97 Å². The van der Waals surface area contributed by atoms with Gasteiger partial charge in [0.1, 0.15) is 0 Å². The van der Waals surface area contributed by atoms with Gasteiger partial charge in [0.05, 0.1) is 29.8 Å². The molecular formula is C32H33Cl2N3O6S. The number of halogens is 2. The lowest BCUT2D eigenvalue weighted by Gasteiger charge is -2.49. The number of hydrogen-bond donors (Lipinski definition) is 3. The molecule has 1 unspecified atom stereocenters. The molecule has 1 aliphatic carbocycles. The molecular weight excluding hydrogens is 625 g/mol. The summed E-state index contributed by atoms with van der Waals surface area (Å²) < 4.78 is 27.5. The quantitative estimate of drug-likeness (QED) is 0.284. The molecule has 1 fully saturated rings. The van der Waals surface area contributed by atoms with Crippen molar-refractivity contribution in [3.63, 3.8) is 0 Å². The minimum absolute atomic E-state index is 0.129. The number of fused-ring (bicyclic) bond motifs is 1. The van der Waals surface area contributed by atoms with E-state index < -0.39 is 46.1 Å². The highest BCUT2D eigenvalue weighted by molar-refractivity contribution is 7.88. The third-order valence-electron chi connectivity index (χ3n) is 8.41. The number of aromatic carboxylic acids is 1. The monoisotopic (exact) mass is 657 g/mol. The number of nitrogens with one attached hydrogen (secondary N) is 2. The molecule has 1 aliphatic heterocycles. The lowest BCUT2D eigenvalue weighted by atomic mass is 9.76. The Bertz CT molecular complexity index is 1700. The van der Waals surface area contributed by atoms with Crippen LogP contribution in [-0.2, 0) is 14.8 Å². The standard InChI is InChI=1S/C32H33Cl2N3O6S/c1-18(19-11-13-20(14-12-19)32(40)41)35-30(38)28-22-7-3-4-8-23(22)31(39)37(29(28)24-16-15-21(33)17-25(24)34)27-10-6-5-9-26(27)36-44(2,42)43/h3-4,7-8,11-18,26-29,36H,5-6,9-10H2,1-2H3,(H,35,38)(H,40,41)/t18?,26-,27-,28+,29-/m0/s1. The first-order valence-corrected chi connectivity index (χ1v) is 17.0. The molecule has 0 radical (unpaired) electrons. The van der Waals surface area contributed by atoms with Crippen molar-refractivity contribution in [3.8, 4) is 0 Å². The molecule has 44 heavy (non-hydrogen) atoms. The lowest BCUT2D eigenvalue weighted by Crippen LogP contribution is -2.59. The molecule has 5 atom stereocenters. The van der Waals surface area contributed by atoms with E-state index >= 15 is 0 Å². The Hall–Kier alpha value is -3.44. The summed E-state index contributed by atoms with van der Waals surface area (Å²) in [7, 11) is -3.60. The van der Waals surface area contributed by atoms with Gasteiger partial charge in [-0.1, -0.05) is 72.4 Å². The second-order valence-corrected chi connectivity index (χ2v) is 14.0. The van der Waals surface area contributed by atoms with Gasteiger partial charge in [-0.25, -0.2) is 17.9 Å². The molecule has 1 heterocycles. The van der Waals surface area contributed by atoms with Crippen LogP contribution in [0.1, 0.15) is 88.0 Å². The first-order valence-electron chi connectivity index (χ1n) is 14.3. The van der Waals surface area contributed by atoms with Gasteiger partial charge in [0.15, 0.2) is 0 Å². The predicted octanol–water partition coefficient (Wildman–Crippen LogP) is 5.71. The van der Waals surface area contributed by atoms with Crippen molar-refractivity contribution in [1.82, 2.24) is 14.9 Å². The number of carboxylic acid groups (broad SMARTS) is 1. The number of benzene rings is 3. The number of carbonyl (C=O) groups is 3. The Labute approximate surface area is 266 Å². The Balaban J connectivity index is 1.63. The summed E-state index contributed by atoms with van der Waals surface area (Å²) in [4.78, 5) is 41.8. The zero-order valence-corrected chi connectivity index (χ0v) is 26.5. The summed E-state index contributed by atoms with van der Waals surface area (Å²) in [5, 5.41) is 13.0. The lowest BCUT2D eigenvalue weighted by molar-refractivity contribution is -0.125. The van der Waals surface area contributed by atoms with Crippen LogP contribution in [0.2, 0.25) is 10.0 Å². The predicted molar refractivity (Wildman–Crippen MR) is 169 cm³/mol. The summed E-state index contributed by atoms with van der Waals surface area (Å²) >= 11 is 13.0. The molecule has 9 nitrogen and oxygen atoms in total. The van der Waals surface area contributed by atoms with Crippen LogP contribution in [0.3, 0.4) is 0 Å². The highest BCUT2D eigenvalue weighted by Crippen LogP contribution is 2.48. The van der Waals surface area contributed by atoms with E-state index in [9.17, 15) is 27.9 Å². The number of nitrogens with zero attached hydrogens (tertiary/aromatic N) is 1. The Morgan fingerprint density at radius 1 is 0.977 bits per heavy atom. The van der Waals surface area contributed by atoms with E-state index in [0.717, 1.165) is 19.1 Å². The van der Waals surface area contributed by atoms with E-state index in [1.165, 1.54) is 12.1 Å². The van der Waals surface area contributed by atoms with Crippen molar-refractivity contribution in [2.24, 2.45) is 0 Å². The Morgan fingerprint density at radius 3 is 2.32 bits per heavy atom. The van der Waals surface area contributed by atoms with Gasteiger partial charge in [0.2, 0.25) is 15.9 Å². The zero-order valence-electron chi connectivity index (χ0n) is 24.2. The second-order valence-electron chi connectivity index (χ2n) is 11.4. The first kappa shape index (κ1) is 32.0. The SMILES string of the molecule is CC(NC(=O)[C@@H]1c2ccccc2C(=O)N([C@H]2CCCC[C@@H]2NS(C)(=O)=O)[C@H]1c1ccc(Cl)cc1Cl)c1ccc(C(=O)O)cc1. The summed E-state index contributed by atoms with van der Waals surface area (Å²) in [6.45, 7) is 1.79. The van der Waals surface area contributed by atoms with E-state index in [2.05, 4.69) is 10.0 Å². The molecule has 5 rings (SSSR count). The molecule has 0 saturated heterocycles. The van der Waals surface area contributed by atoms with E-state index in [1.54, 1.807) is 66.4 Å². The van der Waals surface area contributed by atoms with Crippen LogP contribution in [0.5, 0.6) is 0 Å². The second kappa shape index (κ2) is 12.9. The summed E-state index contributed by atoms with van der Waals surface area (Å²) in [6.07, 6.45) is 3.73. The van der Waals surface area contributed by atoms with Crippen LogP contribution in [-0.4, -0.2) is 54.5 Å². The minimum atomic E-state index is -3.60. The Morgan fingerprint density at radius 2 is 1.66 bits per heavy atom. The van der Waals surface area contributed by atoms with Crippen molar-refractivity contribution in [1.29, 1.82) is 0 Å². The maximum Gasteiger partial charge on any atom is 0.335 e. The van der Waals surface area contributed by atoms with Gasteiger partial charge in [0, 0.05) is 27.7 Å². The van der Waals surface area contributed by atoms with Gasteiger partial charge in [0.25, 0.3) is 5.91 Å². The number of sulfonamides is 1. The van der Waals surface area contributed by atoms with E-state index in [0.29, 0.717) is 40.1 Å². The summed E-state index contributed by atoms with van der Waals surface area (Å²) in [5.74, 6) is -2.65. The van der Waals surface area contributed by atoms with E-state index in [4.69, 9.17) is 23.2 Å². The number of rotatable bonds is 8. The van der Waals surface area contributed by atoms with Crippen LogP contribution in [0.25, 0.3) is 0 Å². The zero-order chi connectivity index (χ0) is 31.8. The maximum atomic E-state index is 14.4. The van der Waals surface area contributed by atoms with E-state index in [-0.39, 0.29) is 22.4 Å². The molecule has 1 saturated carbocycles. The van der Waals surface area contributed by atoms with E-state index in [1.807, 2.05) is 0 Å². The first-order chi connectivity index (χ1) is 20.9. The van der Waals surface area contributed by atoms with Crippen LogP contribution < -0.4 is 10.0 Å². The fraction of sp³-hybridized carbons (Fsp3) is 0.344. The molecule has 0 bridgehead atoms. The number of amides is 2. The van der Waals surface area contributed by atoms with Crippen molar-refractivity contribution in [2.45, 2.75) is 62.7 Å². The number of carboxylic acids is 1. The molecule has 3 aromatic rings. The van der Waals surface area contributed by atoms with Gasteiger partial charge in [-0.15, -0.1) is 0 Å². The fourth-order valence-electron chi connectivity index (χ4n) is 6.43. The highest BCUT2D eigenvalue weighted by atomic mass is 35.5. The van der Waals surface area contributed by atoms with Crippen LogP contribution in [0.4, 0.5) is 0 Å². The van der Waals surface area contributed by atoms with Crippen molar-refractivity contribution in [3.05, 3.63) is 105 Å². The van der Waals surface area contributed by atoms with Crippen LogP contribution in [0, 0.1) is 0 Å². The largest absolute Gasteiger partial charge is 0.478 e. The third kappa shape index (κ3) is 6.63. The molecule has 0 spiro atoms. The van der Waals surface area contributed by atoms with Crippen molar-refractivity contribution < 1.29 is 27.9 Å². The summed E-state index contributed by atoms with van der Waals surface area (Å²) in [6, 6.07) is 15.6. The number of carbonyl (C=O) groups excluding carboxylic acids is 2. The van der Waals surface area contributed by atoms with Crippen LogP contribution >= 0.6 is 23.2 Å². The molecule has 232 valence electrons. The molecule has 3 aromatic carbocycles. The topological polar surface area (TPSA) is 133 Å². The minimum Gasteiger partial charge on any atom is -0.478 e. The normalized spacial score (nSPS) is 22.6.